The van der Waals surface area contributed by atoms with E-state index in [9.17, 15) is 9.18 Å². The van der Waals surface area contributed by atoms with Crippen molar-refractivity contribution in [1.82, 2.24) is 10.2 Å². The number of carbonyl (C=O) groups is 1. The van der Waals surface area contributed by atoms with Gasteiger partial charge in [0.2, 0.25) is 5.13 Å². The van der Waals surface area contributed by atoms with E-state index >= 15 is 0 Å². The van der Waals surface area contributed by atoms with Crippen LogP contribution < -0.4 is 15.4 Å². The summed E-state index contributed by atoms with van der Waals surface area (Å²) in [5.41, 5.74) is 1.26. The minimum absolute atomic E-state index is 0.209. The second-order valence-corrected chi connectivity index (χ2v) is 7.44. The minimum Gasteiger partial charge on any atom is -0.497 e. The average molecular weight is 404 g/mol. The van der Waals surface area contributed by atoms with Gasteiger partial charge >= 0.3 is 6.03 Å². The van der Waals surface area contributed by atoms with Crippen LogP contribution in [0.15, 0.2) is 48.5 Å². The van der Waals surface area contributed by atoms with Gasteiger partial charge in [-0.25, -0.2) is 9.18 Å². The number of methoxy groups -OCH3 is 1. The Kier molecular flexibility index (Phi) is 6.61. The summed E-state index contributed by atoms with van der Waals surface area (Å²) >= 11 is 2.82. The fraction of sp³-hybridized carbons (Fsp3) is 0.167. The number of halogens is 1. The van der Waals surface area contributed by atoms with Crippen LogP contribution in [0, 0.1) is 5.82 Å². The van der Waals surface area contributed by atoms with Crippen LogP contribution in [-0.2, 0) is 11.5 Å². The molecule has 9 heteroatoms. The second-order valence-electron chi connectivity index (χ2n) is 5.40. The summed E-state index contributed by atoms with van der Waals surface area (Å²) in [4.78, 5) is 12.1. The standard InChI is InChI=1S/C18H17FN4O2S2/c1-25-14-7-4-6-13(9-14)20-17(24)21-18-23-22-16(27-18)11-26-10-12-5-2-3-8-15(12)19/h2-9H,10-11H2,1H3,(H2,20,21,23,24). The van der Waals surface area contributed by atoms with Crippen molar-refractivity contribution in [2.24, 2.45) is 0 Å². The van der Waals surface area contributed by atoms with Crippen LogP contribution in [0.25, 0.3) is 0 Å². The molecule has 0 radical (unpaired) electrons. The molecule has 1 aromatic heterocycles. The van der Waals surface area contributed by atoms with Gasteiger partial charge in [0, 0.05) is 23.3 Å². The number of amides is 2. The van der Waals surface area contributed by atoms with Crippen LogP contribution in [0.2, 0.25) is 0 Å². The summed E-state index contributed by atoms with van der Waals surface area (Å²) < 4.78 is 18.7. The van der Waals surface area contributed by atoms with E-state index in [1.54, 1.807) is 43.5 Å². The smallest absolute Gasteiger partial charge is 0.325 e. The molecule has 0 saturated carbocycles. The largest absolute Gasteiger partial charge is 0.497 e. The van der Waals surface area contributed by atoms with Crippen molar-refractivity contribution in [1.29, 1.82) is 0 Å². The van der Waals surface area contributed by atoms with E-state index in [1.165, 1.54) is 29.2 Å². The molecule has 2 N–H and O–H groups in total. The first kappa shape index (κ1) is 19.1. The van der Waals surface area contributed by atoms with E-state index in [0.717, 1.165) is 5.01 Å². The maximum atomic E-state index is 13.6. The highest BCUT2D eigenvalue weighted by Gasteiger charge is 2.09. The number of hydrogen-bond donors (Lipinski definition) is 2. The Morgan fingerprint density at radius 3 is 2.81 bits per heavy atom. The predicted octanol–water partition coefficient (Wildman–Crippen LogP) is 4.76. The first-order valence-electron chi connectivity index (χ1n) is 7.99. The number of anilines is 2. The highest BCUT2D eigenvalue weighted by atomic mass is 32.2. The Hall–Kier alpha value is -2.65. The number of carbonyl (C=O) groups excluding carboxylic acids is 1. The zero-order chi connectivity index (χ0) is 19.1. The molecule has 0 aliphatic carbocycles. The molecule has 0 fully saturated rings. The molecule has 140 valence electrons. The summed E-state index contributed by atoms with van der Waals surface area (Å²) in [6.07, 6.45) is 0. The zero-order valence-electron chi connectivity index (χ0n) is 14.4. The number of nitrogens with one attached hydrogen (secondary N) is 2. The zero-order valence-corrected chi connectivity index (χ0v) is 16.1. The highest BCUT2D eigenvalue weighted by molar-refractivity contribution is 7.97. The van der Waals surface area contributed by atoms with Gasteiger partial charge in [-0.05, 0) is 23.8 Å². The van der Waals surface area contributed by atoms with Crippen molar-refractivity contribution in [2.75, 3.05) is 17.7 Å². The van der Waals surface area contributed by atoms with Crippen LogP contribution >= 0.6 is 23.1 Å². The molecule has 2 amide bonds. The van der Waals surface area contributed by atoms with Crippen molar-refractivity contribution in [2.45, 2.75) is 11.5 Å². The fourth-order valence-corrected chi connectivity index (χ4v) is 3.99. The number of benzene rings is 2. The van der Waals surface area contributed by atoms with Gasteiger partial charge in [0.05, 0.1) is 7.11 Å². The normalized spacial score (nSPS) is 10.4. The maximum absolute atomic E-state index is 13.6. The third-order valence-electron chi connectivity index (χ3n) is 3.46. The Bertz CT molecular complexity index is 920. The van der Waals surface area contributed by atoms with Crippen molar-refractivity contribution in [3.8, 4) is 5.75 Å². The van der Waals surface area contributed by atoms with Gasteiger partial charge in [0.25, 0.3) is 0 Å². The van der Waals surface area contributed by atoms with Crippen molar-refractivity contribution < 1.29 is 13.9 Å². The first-order chi connectivity index (χ1) is 13.1. The summed E-state index contributed by atoms with van der Waals surface area (Å²) in [5, 5.41) is 14.5. The molecule has 0 aliphatic heterocycles. The van der Waals surface area contributed by atoms with E-state index in [0.29, 0.717) is 33.6 Å². The number of aromatic nitrogens is 2. The molecule has 3 rings (SSSR count). The Morgan fingerprint density at radius 1 is 1.15 bits per heavy atom. The Balaban J connectivity index is 1.48. The highest BCUT2D eigenvalue weighted by Crippen LogP contribution is 2.24. The summed E-state index contributed by atoms with van der Waals surface area (Å²) in [6.45, 7) is 0. The molecule has 0 spiro atoms. The first-order valence-corrected chi connectivity index (χ1v) is 9.97. The van der Waals surface area contributed by atoms with Crippen LogP contribution in [0.5, 0.6) is 5.75 Å². The third kappa shape index (κ3) is 5.66. The molecule has 0 atom stereocenters. The Morgan fingerprint density at radius 2 is 2.00 bits per heavy atom. The topological polar surface area (TPSA) is 76.1 Å². The maximum Gasteiger partial charge on any atom is 0.325 e. The summed E-state index contributed by atoms with van der Waals surface area (Å²) in [5.74, 6) is 1.58. The number of ether oxygens (including phenoxy) is 1. The lowest BCUT2D eigenvalue weighted by atomic mass is 10.2. The van der Waals surface area contributed by atoms with Gasteiger partial charge < -0.3 is 10.1 Å². The van der Waals surface area contributed by atoms with E-state index in [4.69, 9.17) is 4.74 Å². The number of urea groups is 1. The SMILES string of the molecule is COc1cccc(NC(=O)Nc2nnc(CSCc3ccccc3F)s2)c1. The van der Waals surface area contributed by atoms with E-state index in [-0.39, 0.29) is 5.82 Å². The monoisotopic (exact) mass is 404 g/mol. The van der Waals surface area contributed by atoms with Crippen molar-refractivity contribution >= 4 is 39.9 Å². The molecule has 3 aromatic rings. The molecular weight excluding hydrogens is 387 g/mol. The summed E-state index contributed by atoms with van der Waals surface area (Å²) in [7, 11) is 1.56. The van der Waals surface area contributed by atoms with Crippen LogP contribution in [0.1, 0.15) is 10.6 Å². The average Bonchev–Trinajstić information content (AvgIpc) is 3.10. The van der Waals surface area contributed by atoms with Gasteiger partial charge in [-0.2, -0.15) is 0 Å². The number of rotatable bonds is 7. The lowest BCUT2D eigenvalue weighted by Gasteiger charge is -2.06. The molecular formula is C18H17FN4O2S2. The quantitative estimate of drug-likeness (QED) is 0.594. The minimum atomic E-state index is -0.412. The summed E-state index contributed by atoms with van der Waals surface area (Å²) in [6, 6.07) is 13.3. The number of hydrogen-bond acceptors (Lipinski definition) is 6. The number of thioether (sulfide) groups is 1. The van der Waals surface area contributed by atoms with Gasteiger partial charge in [0.15, 0.2) is 0 Å². The predicted molar refractivity (Wildman–Crippen MR) is 107 cm³/mol. The molecule has 27 heavy (non-hydrogen) atoms. The number of nitrogens with zero attached hydrogens (tertiary/aromatic N) is 2. The molecule has 0 bridgehead atoms. The fourth-order valence-electron chi connectivity index (χ4n) is 2.19. The molecule has 0 unspecified atom stereocenters. The lowest BCUT2D eigenvalue weighted by molar-refractivity contribution is 0.262. The molecule has 0 aliphatic rings. The second kappa shape index (κ2) is 9.33. The van der Waals surface area contributed by atoms with E-state index in [2.05, 4.69) is 20.8 Å². The van der Waals surface area contributed by atoms with Gasteiger partial charge in [-0.1, -0.05) is 35.6 Å². The molecule has 2 aromatic carbocycles. The lowest BCUT2D eigenvalue weighted by Crippen LogP contribution is -2.19. The van der Waals surface area contributed by atoms with E-state index < -0.39 is 6.03 Å². The van der Waals surface area contributed by atoms with E-state index in [1.807, 2.05) is 6.07 Å². The van der Waals surface area contributed by atoms with Crippen molar-refractivity contribution in [3.63, 3.8) is 0 Å². The van der Waals surface area contributed by atoms with Gasteiger partial charge in [-0.15, -0.1) is 22.0 Å². The molecule has 6 nitrogen and oxygen atoms in total. The third-order valence-corrected chi connectivity index (χ3v) is 5.47. The van der Waals surface area contributed by atoms with Crippen LogP contribution in [0.3, 0.4) is 0 Å². The molecule has 1 heterocycles. The van der Waals surface area contributed by atoms with Crippen LogP contribution in [0.4, 0.5) is 20.0 Å². The van der Waals surface area contributed by atoms with Gasteiger partial charge in [-0.3, -0.25) is 5.32 Å². The Labute approximate surface area is 164 Å². The van der Waals surface area contributed by atoms with Crippen LogP contribution in [-0.4, -0.2) is 23.3 Å². The van der Waals surface area contributed by atoms with Gasteiger partial charge in [0.1, 0.15) is 16.6 Å². The molecule has 0 saturated heterocycles. The van der Waals surface area contributed by atoms with Crippen molar-refractivity contribution in [3.05, 3.63) is 64.9 Å².